The molecule has 1 aliphatic rings. The van der Waals surface area contributed by atoms with Gasteiger partial charge in [0.25, 0.3) is 5.91 Å². The minimum atomic E-state index is -3.59. The number of rotatable bonds is 5. The van der Waals surface area contributed by atoms with Crippen molar-refractivity contribution in [1.82, 2.24) is 5.43 Å². The van der Waals surface area contributed by atoms with Crippen molar-refractivity contribution in [2.75, 3.05) is 17.1 Å². The molecule has 162 valence electrons. The van der Waals surface area contributed by atoms with Crippen molar-refractivity contribution in [3.05, 3.63) is 28.7 Å². The molecule has 0 aliphatic heterocycles. The summed E-state index contributed by atoms with van der Waals surface area (Å²) in [5.41, 5.74) is 4.04. The average Bonchev–Trinajstić information content (AvgIpc) is 2.66. The van der Waals surface area contributed by atoms with E-state index in [1.165, 1.54) is 44.9 Å². The van der Waals surface area contributed by atoms with Crippen LogP contribution in [0.2, 0.25) is 0 Å². The van der Waals surface area contributed by atoms with Gasteiger partial charge in [0, 0.05) is 10.2 Å². The topological polar surface area (TPSA) is 78.8 Å². The summed E-state index contributed by atoms with van der Waals surface area (Å²) >= 11 is 3.33. The van der Waals surface area contributed by atoms with E-state index in [1.54, 1.807) is 24.3 Å². The van der Waals surface area contributed by atoms with Crippen LogP contribution in [-0.2, 0) is 14.8 Å². The molecule has 0 heterocycles. The number of anilines is 1. The number of carbonyl (C=O) groups excluding carboxylic acids is 1. The first-order valence-electron chi connectivity index (χ1n) is 10.4. The van der Waals surface area contributed by atoms with E-state index in [1.807, 2.05) is 0 Å². The molecule has 8 heteroatoms. The van der Waals surface area contributed by atoms with Gasteiger partial charge in [0.15, 0.2) is 0 Å². The van der Waals surface area contributed by atoms with Crippen LogP contribution in [0, 0.1) is 0 Å². The number of hydrazone groups is 1. The second kappa shape index (κ2) is 12.3. The number of nitrogens with one attached hydrogen (secondary N) is 1. The monoisotopic (exact) mass is 485 g/mol. The van der Waals surface area contributed by atoms with Crippen LogP contribution in [-0.4, -0.2) is 32.8 Å². The lowest BCUT2D eigenvalue weighted by Gasteiger charge is -2.21. The zero-order valence-corrected chi connectivity index (χ0v) is 19.6. The molecule has 1 amide bonds. The van der Waals surface area contributed by atoms with E-state index in [4.69, 9.17) is 0 Å². The summed E-state index contributed by atoms with van der Waals surface area (Å²) in [6.45, 7) is -0.294. The molecule has 0 unspecified atom stereocenters. The molecule has 1 N–H and O–H groups in total. The Balaban J connectivity index is 1.98. The number of hydrogen-bond acceptors (Lipinski definition) is 4. The number of hydrogen-bond donors (Lipinski definition) is 1. The van der Waals surface area contributed by atoms with Crippen LogP contribution < -0.4 is 9.73 Å². The molecule has 0 radical (unpaired) electrons. The number of carbonyl (C=O) groups is 1. The van der Waals surface area contributed by atoms with Crippen LogP contribution in [0.15, 0.2) is 33.8 Å². The Kier molecular flexibility index (Phi) is 10.1. The van der Waals surface area contributed by atoms with Gasteiger partial charge in [-0.15, -0.1) is 0 Å². The van der Waals surface area contributed by atoms with Crippen LogP contribution in [0.1, 0.15) is 70.6 Å². The summed E-state index contributed by atoms with van der Waals surface area (Å²) in [6.07, 6.45) is 13.9. The first kappa shape index (κ1) is 23.9. The summed E-state index contributed by atoms with van der Waals surface area (Å²) < 4.78 is 26.3. The maximum absolute atomic E-state index is 12.4. The van der Waals surface area contributed by atoms with Crippen molar-refractivity contribution < 1.29 is 13.2 Å². The van der Waals surface area contributed by atoms with Crippen molar-refractivity contribution in [3.63, 3.8) is 0 Å². The van der Waals surface area contributed by atoms with Gasteiger partial charge in [-0.3, -0.25) is 9.10 Å². The molecule has 0 aromatic heterocycles. The third-order valence-corrected chi connectivity index (χ3v) is 6.74. The van der Waals surface area contributed by atoms with E-state index in [-0.39, 0.29) is 6.54 Å². The van der Waals surface area contributed by atoms with E-state index in [9.17, 15) is 13.2 Å². The summed E-state index contributed by atoms with van der Waals surface area (Å²) in [7, 11) is -3.59. The van der Waals surface area contributed by atoms with Crippen LogP contribution in [0.3, 0.4) is 0 Å². The van der Waals surface area contributed by atoms with Crippen LogP contribution in [0.4, 0.5) is 5.69 Å². The van der Waals surface area contributed by atoms with Crippen molar-refractivity contribution in [1.29, 1.82) is 0 Å². The normalized spacial score (nSPS) is 17.0. The number of sulfonamides is 1. The van der Waals surface area contributed by atoms with Gasteiger partial charge in [-0.05, 0) is 49.9 Å². The predicted molar refractivity (Wildman–Crippen MR) is 123 cm³/mol. The van der Waals surface area contributed by atoms with Crippen molar-refractivity contribution in [2.45, 2.75) is 70.6 Å². The van der Waals surface area contributed by atoms with Crippen LogP contribution >= 0.6 is 15.9 Å². The third-order valence-electron chi connectivity index (χ3n) is 5.07. The highest BCUT2D eigenvalue weighted by Gasteiger charge is 2.20. The molecule has 0 bridgehead atoms. The fraction of sp³-hybridized carbons (Fsp3) is 0.619. The Hall–Kier alpha value is -1.41. The third kappa shape index (κ3) is 9.30. The first-order valence-corrected chi connectivity index (χ1v) is 13.1. The summed E-state index contributed by atoms with van der Waals surface area (Å²) in [6, 6.07) is 6.82. The Morgan fingerprint density at radius 1 is 0.966 bits per heavy atom. The fourth-order valence-electron chi connectivity index (χ4n) is 3.45. The highest BCUT2D eigenvalue weighted by molar-refractivity contribution is 9.10. The van der Waals surface area contributed by atoms with Gasteiger partial charge in [0.2, 0.25) is 10.0 Å². The molecular formula is C21H32BrN3O3S. The van der Waals surface area contributed by atoms with E-state index in [2.05, 4.69) is 26.5 Å². The van der Waals surface area contributed by atoms with Gasteiger partial charge in [0.1, 0.15) is 6.54 Å². The Morgan fingerprint density at radius 3 is 1.93 bits per heavy atom. The van der Waals surface area contributed by atoms with Gasteiger partial charge < -0.3 is 0 Å². The number of benzene rings is 1. The van der Waals surface area contributed by atoms with Crippen molar-refractivity contribution in [3.8, 4) is 0 Å². The smallest absolute Gasteiger partial charge is 0.260 e. The zero-order valence-electron chi connectivity index (χ0n) is 17.2. The van der Waals surface area contributed by atoms with Crippen LogP contribution in [0.5, 0.6) is 0 Å². The zero-order chi connectivity index (χ0) is 21.1. The van der Waals surface area contributed by atoms with Crippen LogP contribution in [0.25, 0.3) is 0 Å². The summed E-state index contributed by atoms with van der Waals surface area (Å²) in [5.74, 6) is -0.433. The van der Waals surface area contributed by atoms with Gasteiger partial charge in [-0.2, -0.15) is 5.10 Å². The fourth-order valence-corrected chi connectivity index (χ4v) is 4.57. The Labute approximate surface area is 183 Å². The maximum Gasteiger partial charge on any atom is 0.260 e. The predicted octanol–water partition coefficient (Wildman–Crippen LogP) is 4.99. The molecule has 1 aliphatic carbocycles. The number of nitrogens with zero attached hydrogens (tertiary/aromatic N) is 2. The van der Waals surface area contributed by atoms with Crippen molar-refractivity contribution >= 4 is 43.3 Å². The highest BCUT2D eigenvalue weighted by Crippen LogP contribution is 2.20. The molecule has 0 spiro atoms. The summed E-state index contributed by atoms with van der Waals surface area (Å²) in [4.78, 5) is 12.4. The minimum absolute atomic E-state index is 0.294. The van der Waals surface area contributed by atoms with E-state index < -0.39 is 15.9 Å². The molecule has 1 aromatic rings. The van der Waals surface area contributed by atoms with Gasteiger partial charge in [0.05, 0.1) is 11.9 Å². The minimum Gasteiger partial charge on any atom is -0.271 e. The SMILES string of the molecule is CS(=O)(=O)N(CC(=O)NN=C1CCCCCCCCCCC1)c1ccc(Br)cc1. The lowest BCUT2D eigenvalue weighted by atomic mass is 10.00. The Bertz CT molecular complexity index is 765. The molecule has 1 aromatic carbocycles. The van der Waals surface area contributed by atoms with Crippen molar-refractivity contribution in [2.24, 2.45) is 5.10 Å². The molecule has 0 atom stereocenters. The lowest BCUT2D eigenvalue weighted by molar-refractivity contribution is -0.119. The molecule has 0 saturated heterocycles. The standard InChI is InChI=1S/C21H32BrN3O3S/c1-29(27,28)25(20-15-13-18(22)14-16-20)17-21(26)24-23-19-11-9-7-5-3-2-4-6-8-10-12-19/h13-16H,2-12,17H2,1H3,(H,24,26). The average molecular weight is 486 g/mol. The number of amides is 1. The molecule has 1 saturated carbocycles. The number of halogens is 1. The lowest BCUT2D eigenvalue weighted by Crippen LogP contribution is -2.39. The summed E-state index contributed by atoms with van der Waals surface area (Å²) in [5, 5.41) is 4.34. The Morgan fingerprint density at radius 2 is 1.45 bits per heavy atom. The largest absolute Gasteiger partial charge is 0.271 e. The molecular weight excluding hydrogens is 454 g/mol. The highest BCUT2D eigenvalue weighted by atomic mass is 79.9. The first-order chi connectivity index (χ1) is 13.9. The van der Waals surface area contributed by atoms with Gasteiger partial charge in [-0.1, -0.05) is 60.9 Å². The maximum atomic E-state index is 12.4. The van der Waals surface area contributed by atoms with Gasteiger partial charge >= 0.3 is 0 Å². The molecule has 1 fully saturated rings. The van der Waals surface area contributed by atoms with E-state index in [0.29, 0.717) is 5.69 Å². The second-order valence-electron chi connectivity index (χ2n) is 7.64. The molecule has 29 heavy (non-hydrogen) atoms. The van der Waals surface area contributed by atoms with E-state index in [0.717, 1.165) is 46.4 Å². The van der Waals surface area contributed by atoms with Gasteiger partial charge in [-0.25, -0.2) is 13.8 Å². The second-order valence-corrected chi connectivity index (χ2v) is 10.5. The van der Waals surface area contributed by atoms with E-state index >= 15 is 0 Å². The quantitative estimate of drug-likeness (QED) is 0.596. The molecule has 6 nitrogen and oxygen atoms in total. The molecule has 2 rings (SSSR count).